The van der Waals surface area contributed by atoms with Crippen molar-refractivity contribution in [3.8, 4) is 17.2 Å². The molecule has 5 heteroatoms. The number of rotatable bonds is 4. The van der Waals surface area contributed by atoms with Crippen molar-refractivity contribution in [3.05, 3.63) is 53.6 Å². The summed E-state index contributed by atoms with van der Waals surface area (Å²) >= 11 is 0. The van der Waals surface area contributed by atoms with Crippen molar-refractivity contribution in [1.29, 1.82) is 0 Å². The minimum atomic E-state index is 0.00872. The molecule has 2 aromatic carbocycles. The number of aromatic hydroxyl groups is 1. The van der Waals surface area contributed by atoms with Crippen LogP contribution in [0.15, 0.2) is 47.6 Å². The first-order valence-corrected chi connectivity index (χ1v) is 5.93. The first-order valence-electron chi connectivity index (χ1n) is 5.93. The van der Waals surface area contributed by atoms with Gasteiger partial charge in [-0.05, 0) is 42.5 Å². The Bertz CT molecular complexity index is 620. The normalized spacial score (nSPS) is 11.2. The minimum absolute atomic E-state index is 0.00872. The number of benzene rings is 2. The van der Waals surface area contributed by atoms with Crippen LogP contribution in [0.4, 0.5) is 0 Å². The molecule has 0 heterocycles. The second-order valence-electron chi connectivity index (χ2n) is 4.06. The molecule has 0 spiro atoms. The Labute approximate surface area is 116 Å². The molecule has 20 heavy (non-hydrogen) atoms. The van der Waals surface area contributed by atoms with Crippen molar-refractivity contribution in [3.63, 3.8) is 0 Å². The van der Waals surface area contributed by atoms with E-state index in [1.807, 2.05) is 0 Å². The molecule has 0 saturated carbocycles. The van der Waals surface area contributed by atoms with E-state index in [1.54, 1.807) is 43.5 Å². The predicted molar refractivity (Wildman–Crippen MR) is 75.1 cm³/mol. The third kappa shape index (κ3) is 2.66. The Morgan fingerprint density at radius 2 is 1.55 bits per heavy atom. The molecule has 0 radical (unpaired) electrons. The number of phenols is 1. The zero-order valence-corrected chi connectivity index (χ0v) is 11.2. The highest BCUT2D eigenvalue weighted by Gasteiger charge is 2.13. The van der Waals surface area contributed by atoms with Gasteiger partial charge in [-0.25, -0.2) is 0 Å². The molecule has 0 aliphatic carbocycles. The van der Waals surface area contributed by atoms with Crippen LogP contribution >= 0.6 is 0 Å². The fourth-order valence-corrected chi connectivity index (χ4v) is 1.85. The van der Waals surface area contributed by atoms with Gasteiger partial charge in [-0.15, -0.1) is 0 Å². The van der Waals surface area contributed by atoms with Gasteiger partial charge in [-0.2, -0.15) is 0 Å². The van der Waals surface area contributed by atoms with Crippen LogP contribution in [-0.4, -0.2) is 30.2 Å². The summed E-state index contributed by atoms with van der Waals surface area (Å²) in [7, 11) is 3.10. The third-order valence-corrected chi connectivity index (χ3v) is 2.92. The summed E-state index contributed by atoms with van der Waals surface area (Å²) in [6.07, 6.45) is 0. The Hall–Kier alpha value is -2.69. The SMILES string of the molecule is COc1ccc(/C(=N/O)c2cc(OC)ccc2O)cc1. The van der Waals surface area contributed by atoms with Gasteiger partial charge in [0.2, 0.25) is 0 Å². The highest BCUT2D eigenvalue weighted by Crippen LogP contribution is 2.26. The number of oxime groups is 1. The molecule has 0 aliphatic heterocycles. The zero-order chi connectivity index (χ0) is 14.5. The van der Waals surface area contributed by atoms with Gasteiger partial charge in [0.25, 0.3) is 0 Å². The molecule has 0 fully saturated rings. The molecule has 5 nitrogen and oxygen atoms in total. The molecule has 104 valence electrons. The lowest BCUT2D eigenvalue weighted by Gasteiger charge is -2.09. The first-order chi connectivity index (χ1) is 9.69. The first kappa shape index (κ1) is 13.7. The van der Waals surface area contributed by atoms with Gasteiger partial charge < -0.3 is 19.8 Å². The fourth-order valence-electron chi connectivity index (χ4n) is 1.85. The van der Waals surface area contributed by atoms with Gasteiger partial charge in [-0.3, -0.25) is 0 Å². The minimum Gasteiger partial charge on any atom is -0.507 e. The molecule has 0 bridgehead atoms. The maximum absolute atomic E-state index is 9.92. The van der Waals surface area contributed by atoms with Gasteiger partial charge in [0, 0.05) is 11.1 Å². The van der Waals surface area contributed by atoms with Crippen molar-refractivity contribution < 1.29 is 19.8 Å². The third-order valence-electron chi connectivity index (χ3n) is 2.92. The highest BCUT2D eigenvalue weighted by molar-refractivity contribution is 6.14. The summed E-state index contributed by atoms with van der Waals surface area (Å²) in [6, 6.07) is 11.7. The molecular weight excluding hydrogens is 258 g/mol. The summed E-state index contributed by atoms with van der Waals surface area (Å²) < 4.78 is 10.2. The van der Waals surface area contributed by atoms with E-state index in [-0.39, 0.29) is 11.5 Å². The molecule has 0 saturated heterocycles. The summed E-state index contributed by atoms with van der Waals surface area (Å²) in [5.74, 6) is 1.27. The smallest absolute Gasteiger partial charge is 0.125 e. The second-order valence-corrected chi connectivity index (χ2v) is 4.06. The number of hydrogen-bond acceptors (Lipinski definition) is 5. The molecule has 0 atom stereocenters. The Morgan fingerprint density at radius 3 is 2.10 bits per heavy atom. The van der Waals surface area contributed by atoms with Gasteiger partial charge in [0.05, 0.1) is 14.2 Å². The molecule has 0 unspecified atom stereocenters. The van der Waals surface area contributed by atoms with E-state index >= 15 is 0 Å². The van der Waals surface area contributed by atoms with Crippen LogP contribution < -0.4 is 9.47 Å². The summed E-state index contributed by atoms with van der Waals surface area (Å²) in [5, 5.41) is 22.5. The molecular formula is C15H15NO4. The van der Waals surface area contributed by atoms with E-state index in [0.717, 1.165) is 0 Å². The van der Waals surface area contributed by atoms with E-state index in [2.05, 4.69) is 5.16 Å². The van der Waals surface area contributed by atoms with Crippen molar-refractivity contribution in [2.45, 2.75) is 0 Å². The van der Waals surface area contributed by atoms with E-state index in [4.69, 9.17) is 9.47 Å². The van der Waals surface area contributed by atoms with Crippen LogP contribution in [0.3, 0.4) is 0 Å². The highest BCUT2D eigenvalue weighted by atomic mass is 16.5. The molecule has 0 amide bonds. The lowest BCUT2D eigenvalue weighted by Crippen LogP contribution is -2.04. The Balaban J connectivity index is 2.46. The van der Waals surface area contributed by atoms with Crippen molar-refractivity contribution in [2.24, 2.45) is 5.16 Å². The van der Waals surface area contributed by atoms with Crippen LogP contribution in [0.2, 0.25) is 0 Å². The Kier molecular flexibility index (Phi) is 4.10. The van der Waals surface area contributed by atoms with E-state index in [1.165, 1.54) is 13.2 Å². The van der Waals surface area contributed by atoms with Crippen LogP contribution in [0, 0.1) is 0 Å². The van der Waals surface area contributed by atoms with Crippen LogP contribution in [0.25, 0.3) is 0 Å². The molecule has 2 aromatic rings. The number of ether oxygens (including phenoxy) is 2. The van der Waals surface area contributed by atoms with Gasteiger partial charge in [0.15, 0.2) is 0 Å². The molecule has 0 aliphatic rings. The topological polar surface area (TPSA) is 71.3 Å². The molecule has 2 N–H and O–H groups in total. The number of nitrogens with zero attached hydrogens (tertiary/aromatic N) is 1. The van der Waals surface area contributed by atoms with Crippen LogP contribution in [0.1, 0.15) is 11.1 Å². The number of phenolic OH excluding ortho intramolecular Hbond substituents is 1. The van der Waals surface area contributed by atoms with Crippen molar-refractivity contribution in [2.75, 3.05) is 14.2 Å². The van der Waals surface area contributed by atoms with Gasteiger partial charge in [0.1, 0.15) is 23.0 Å². The zero-order valence-electron chi connectivity index (χ0n) is 11.2. The van der Waals surface area contributed by atoms with Crippen molar-refractivity contribution >= 4 is 5.71 Å². The summed E-state index contributed by atoms with van der Waals surface area (Å²) in [4.78, 5) is 0. The van der Waals surface area contributed by atoms with Crippen LogP contribution in [-0.2, 0) is 0 Å². The van der Waals surface area contributed by atoms with E-state index in [9.17, 15) is 10.3 Å². The maximum atomic E-state index is 9.92. The maximum Gasteiger partial charge on any atom is 0.125 e. The second kappa shape index (κ2) is 5.97. The lowest BCUT2D eigenvalue weighted by atomic mass is 10.0. The average Bonchev–Trinajstić information content (AvgIpc) is 2.50. The number of methoxy groups -OCH3 is 2. The molecule has 0 aromatic heterocycles. The Morgan fingerprint density at radius 1 is 0.950 bits per heavy atom. The standard InChI is InChI=1S/C15H15NO4/c1-19-11-5-3-10(4-6-11)15(16-18)13-9-12(20-2)7-8-14(13)17/h3-9,17-18H,1-2H3/b16-15-. The van der Waals surface area contributed by atoms with Crippen molar-refractivity contribution in [1.82, 2.24) is 0 Å². The fraction of sp³-hybridized carbons (Fsp3) is 0.133. The predicted octanol–water partition coefficient (Wildman–Crippen LogP) is 2.64. The van der Waals surface area contributed by atoms with E-state index in [0.29, 0.717) is 22.6 Å². The molecule has 2 rings (SSSR count). The van der Waals surface area contributed by atoms with Gasteiger partial charge >= 0.3 is 0 Å². The largest absolute Gasteiger partial charge is 0.507 e. The lowest BCUT2D eigenvalue weighted by molar-refractivity contribution is 0.319. The van der Waals surface area contributed by atoms with Crippen LogP contribution in [0.5, 0.6) is 17.2 Å². The van der Waals surface area contributed by atoms with E-state index < -0.39 is 0 Å². The average molecular weight is 273 g/mol. The summed E-state index contributed by atoms with van der Waals surface area (Å²) in [5.41, 5.74) is 1.29. The number of hydrogen-bond donors (Lipinski definition) is 2. The summed E-state index contributed by atoms with van der Waals surface area (Å²) in [6.45, 7) is 0. The van der Waals surface area contributed by atoms with Gasteiger partial charge in [-0.1, -0.05) is 5.16 Å². The quantitative estimate of drug-likeness (QED) is 0.510. The monoisotopic (exact) mass is 273 g/mol.